The van der Waals surface area contributed by atoms with Crippen molar-refractivity contribution < 1.29 is 9.21 Å². The standard InChI is InChI=1S/C25H22N2O3/c1-18(19-10-12-21(13-11-19)20-7-3-2-4-8-20)26-25(29)23-15-14-22(30-23)17-27-16-6-5-9-24(27)28/h2-16,18H,17H2,1H3,(H,26,29). The van der Waals surface area contributed by atoms with Crippen molar-refractivity contribution in [2.75, 3.05) is 0 Å². The van der Waals surface area contributed by atoms with Crippen LogP contribution in [0.1, 0.15) is 34.8 Å². The van der Waals surface area contributed by atoms with E-state index in [9.17, 15) is 9.59 Å². The van der Waals surface area contributed by atoms with E-state index in [2.05, 4.69) is 29.6 Å². The molecule has 5 heteroatoms. The van der Waals surface area contributed by atoms with Crippen LogP contribution in [0, 0.1) is 0 Å². The number of nitrogens with zero attached hydrogens (tertiary/aromatic N) is 1. The van der Waals surface area contributed by atoms with Crippen LogP contribution in [0.4, 0.5) is 0 Å². The van der Waals surface area contributed by atoms with Gasteiger partial charge >= 0.3 is 0 Å². The van der Waals surface area contributed by atoms with Gasteiger partial charge < -0.3 is 14.3 Å². The van der Waals surface area contributed by atoms with Crippen LogP contribution < -0.4 is 10.9 Å². The van der Waals surface area contributed by atoms with Crippen LogP contribution in [0.5, 0.6) is 0 Å². The van der Waals surface area contributed by atoms with Crippen molar-refractivity contribution in [2.24, 2.45) is 0 Å². The quantitative estimate of drug-likeness (QED) is 0.514. The first kappa shape index (κ1) is 19.5. The summed E-state index contributed by atoms with van der Waals surface area (Å²) < 4.78 is 7.17. The zero-order chi connectivity index (χ0) is 20.9. The van der Waals surface area contributed by atoms with E-state index in [1.165, 1.54) is 10.6 Å². The molecule has 5 nitrogen and oxygen atoms in total. The van der Waals surface area contributed by atoms with Crippen molar-refractivity contribution in [3.63, 3.8) is 0 Å². The number of hydrogen-bond donors (Lipinski definition) is 1. The van der Waals surface area contributed by atoms with Gasteiger partial charge in [0.25, 0.3) is 11.5 Å². The Labute approximate surface area is 174 Å². The molecule has 0 radical (unpaired) electrons. The van der Waals surface area contributed by atoms with Gasteiger partial charge in [-0.05, 0) is 41.8 Å². The maximum Gasteiger partial charge on any atom is 0.287 e. The molecule has 1 atom stereocenters. The minimum atomic E-state index is -0.290. The minimum Gasteiger partial charge on any atom is -0.454 e. The first-order chi connectivity index (χ1) is 14.6. The summed E-state index contributed by atoms with van der Waals surface area (Å²) in [6.07, 6.45) is 1.69. The van der Waals surface area contributed by atoms with Gasteiger partial charge in [-0.15, -0.1) is 0 Å². The summed E-state index contributed by atoms with van der Waals surface area (Å²) in [5, 5.41) is 2.96. The third-order valence-corrected chi connectivity index (χ3v) is 4.98. The Balaban J connectivity index is 1.41. The molecule has 30 heavy (non-hydrogen) atoms. The molecule has 0 aliphatic rings. The van der Waals surface area contributed by atoms with Crippen LogP contribution in [0.3, 0.4) is 0 Å². The fourth-order valence-corrected chi connectivity index (χ4v) is 3.29. The molecule has 2 aromatic heterocycles. The lowest BCUT2D eigenvalue weighted by Crippen LogP contribution is -2.26. The summed E-state index contributed by atoms with van der Waals surface area (Å²) in [6, 6.07) is 26.4. The summed E-state index contributed by atoms with van der Waals surface area (Å²) in [4.78, 5) is 24.4. The van der Waals surface area contributed by atoms with Gasteiger partial charge in [0.05, 0.1) is 12.6 Å². The molecular weight excluding hydrogens is 376 g/mol. The number of benzene rings is 2. The van der Waals surface area contributed by atoms with Crippen molar-refractivity contribution in [1.29, 1.82) is 0 Å². The number of aromatic nitrogens is 1. The topological polar surface area (TPSA) is 64.2 Å². The number of nitrogens with one attached hydrogen (secondary N) is 1. The molecule has 2 aromatic carbocycles. The average molecular weight is 398 g/mol. The van der Waals surface area contributed by atoms with Crippen molar-refractivity contribution >= 4 is 5.91 Å². The molecule has 0 saturated heterocycles. The Morgan fingerprint density at radius 3 is 2.33 bits per heavy atom. The number of hydrogen-bond acceptors (Lipinski definition) is 3. The van der Waals surface area contributed by atoms with Gasteiger partial charge in [0.15, 0.2) is 5.76 Å². The van der Waals surface area contributed by atoms with Crippen LogP contribution in [-0.4, -0.2) is 10.5 Å². The molecule has 150 valence electrons. The van der Waals surface area contributed by atoms with Gasteiger partial charge in [-0.25, -0.2) is 0 Å². The Morgan fingerprint density at radius 1 is 0.900 bits per heavy atom. The van der Waals surface area contributed by atoms with Crippen LogP contribution in [0.15, 0.2) is 100 Å². The van der Waals surface area contributed by atoms with E-state index >= 15 is 0 Å². The predicted octanol–water partition coefficient (Wildman–Crippen LogP) is 4.65. The van der Waals surface area contributed by atoms with E-state index in [1.807, 2.05) is 37.3 Å². The highest BCUT2D eigenvalue weighted by atomic mass is 16.4. The number of rotatable bonds is 6. The molecule has 0 aliphatic carbocycles. The summed E-state index contributed by atoms with van der Waals surface area (Å²) in [5.74, 6) is 0.483. The monoisotopic (exact) mass is 398 g/mol. The first-order valence-corrected chi connectivity index (χ1v) is 9.80. The zero-order valence-corrected chi connectivity index (χ0v) is 16.6. The highest BCUT2D eigenvalue weighted by Crippen LogP contribution is 2.22. The Kier molecular flexibility index (Phi) is 5.61. The Morgan fingerprint density at radius 2 is 1.60 bits per heavy atom. The van der Waals surface area contributed by atoms with Crippen molar-refractivity contribution in [3.8, 4) is 11.1 Å². The van der Waals surface area contributed by atoms with Crippen LogP contribution in [0.2, 0.25) is 0 Å². The lowest BCUT2D eigenvalue weighted by atomic mass is 10.0. The summed E-state index contributed by atoms with van der Waals surface area (Å²) in [7, 11) is 0. The highest BCUT2D eigenvalue weighted by Gasteiger charge is 2.15. The van der Waals surface area contributed by atoms with E-state index in [0.29, 0.717) is 5.76 Å². The summed E-state index contributed by atoms with van der Waals surface area (Å²) in [6.45, 7) is 2.21. The van der Waals surface area contributed by atoms with Crippen molar-refractivity contribution in [3.05, 3.63) is 119 Å². The maximum absolute atomic E-state index is 12.6. The molecule has 0 saturated carbocycles. The van der Waals surface area contributed by atoms with Gasteiger partial charge in [0.1, 0.15) is 5.76 Å². The smallest absolute Gasteiger partial charge is 0.287 e. The van der Waals surface area contributed by atoms with E-state index in [-0.39, 0.29) is 29.8 Å². The lowest BCUT2D eigenvalue weighted by Gasteiger charge is -2.14. The number of pyridine rings is 1. The Bertz CT molecular complexity index is 1190. The van der Waals surface area contributed by atoms with E-state index in [0.717, 1.165) is 16.7 Å². The minimum absolute atomic E-state index is 0.118. The molecule has 1 N–H and O–H groups in total. The van der Waals surface area contributed by atoms with E-state index in [1.54, 1.807) is 30.5 Å². The molecule has 0 aliphatic heterocycles. The molecule has 0 bridgehead atoms. The molecular formula is C25H22N2O3. The molecule has 0 fully saturated rings. The number of carbonyl (C=O) groups is 1. The van der Waals surface area contributed by atoms with E-state index < -0.39 is 0 Å². The second-order valence-corrected chi connectivity index (χ2v) is 7.12. The van der Waals surface area contributed by atoms with Crippen molar-refractivity contribution in [1.82, 2.24) is 9.88 Å². The third kappa shape index (κ3) is 4.41. The second kappa shape index (κ2) is 8.66. The van der Waals surface area contributed by atoms with Gasteiger partial charge in [-0.3, -0.25) is 9.59 Å². The summed E-state index contributed by atoms with van der Waals surface area (Å²) >= 11 is 0. The average Bonchev–Trinajstić information content (AvgIpc) is 3.25. The van der Waals surface area contributed by atoms with E-state index in [4.69, 9.17) is 4.42 Å². The van der Waals surface area contributed by atoms with Gasteiger partial charge in [0.2, 0.25) is 0 Å². The fourth-order valence-electron chi connectivity index (χ4n) is 3.29. The van der Waals surface area contributed by atoms with Gasteiger partial charge in [0, 0.05) is 12.3 Å². The number of furan rings is 1. The number of carbonyl (C=O) groups excluding carboxylic acids is 1. The Hall–Kier alpha value is -3.86. The molecule has 4 rings (SSSR count). The molecule has 0 spiro atoms. The van der Waals surface area contributed by atoms with Gasteiger partial charge in [-0.2, -0.15) is 0 Å². The maximum atomic E-state index is 12.6. The second-order valence-electron chi connectivity index (χ2n) is 7.12. The normalized spacial score (nSPS) is 11.8. The van der Waals surface area contributed by atoms with Crippen LogP contribution in [0.25, 0.3) is 11.1 Å². The molecule has 1 amide bonds. The highest BCUT2D eigenvalue weighted by molar-refractivity contribution is 5.91. The first-order valence-electron chi connectivity index (χ1n) is 9.80. The molecule has 4 aromatic rings. The number of amides is 1. The fraction of sp³-hybridized carbons (Fsp3) is 0.120. The SMILES string of the molecule is CC(NC(=O)c1ccc(Cn2ccccc2=O)o1)c1ccc(-c2ccccc2)cc1. The predicted molar refractivity (Wildman–Crippen MR) is 116 cm³/mol. The third-order valence-electron chi connectivity index (χ3n) is 4.98. The van der Waals surface area contributed by atoms with Crippen LogP contribution in [-0.2, 0) is 6.54 Å². The molecule has 2 heterocycles. The van der Waals surface area contributed by atoms with Crippen LogP contribution >= 0.6 is 0 Å². The molecule has 1 unspecified atom stereocenters. The summed E-state index contributed by atoms with van der Waals surface area (Å²) in [5.41, 5.74) is 3.17. The van der Waals surface area contributed by atoms with Crippen molar-refractivity contribution in [2.45, 2.75) is 19.5 Å². The largest absolute Gasteiger partial charge is 0.454 e. The zero-order valence-electron chi connectivity index (χ0n) is 16.6. The van der Waals surface area contributed by atoms with Gasteiger partial charge in [-0.1, -0.05) is 60.7 Å². The lowest BCUT2D eigenvalue weighted by molar-refractivity contribution is 0.0910.